The van der Waals surface area contributed by atoms with Gasteiger partial charge in [0.1, 0.15) is 5.76 Å². The Balaban J connectivity index is 0.000000141. The lowest BCUT2D eigenvalue weighted by molar-refractivity contribution is -0.105. The number of hydrogen-bond donors (Lipinski definition) is 4. The first kappa shape index (κ1) is 51.2. The molecule has 0 atom stereocenters. The predicted octanol–water partition coefficient (Wildman–Crippen LogP) is 5.69. The number of amides is 3. The maximum atomic E-state index is 13.2. The number of rotatable bonds is 13. The summed E-state index contributed by atoms with van der Waals surface area (Å²) < 4.78 is 22.8. The minimum atomic E-state index is -0.376. The lowest BCUT2D eigenvalue weighted by atomic mass is 10.1. The van der Waals surface area contributed by atoms with Gasteiger partial charge >= 0.3 is 5.69 Å². The van der Waals surface area contributed by atoms with E-state index in [1.165, 1.54) is 12.8 Å². The predicted molar refractivity (Wildman–Crippen MR) is 290 cm³/mol. The third-order valence-electron chi connectivity index (χ3n) is 13.8. The number of carbonyl (C=O) groups excluding carboxylic acids is 3. The summed E-state index contributed by atoms with van der Waals surface area (Å²) in [5.41, 5.74) is 6.78. The molecule has 5 aliphatic heterocycles. The second-order valence-corrected chi connectivity index (χ2v) is 19.8. The van der Waals surface area contributed by atoms with Gasteiger partial charge in [-0.05, 0) is 85.8 Å². The van der Waals surface area contributed by atoms with Crippen LogP contribution in [0.25, 0.3) is 16.9 Å². The highest BCUT2D eigenvalue weighted by Crippen LogP contribution is 2.35. The van der Waals surface area contributed by atoms with Crippen molar-refractivity contribution >= 4 is 69.8 Å². The molecule has 4 saturated heterocycles. The van der Waals surface area contributed by atoms with E-state index in [2.05, 4.69) is 56.3 Å². The highest BCUT2D eigenvalue weighted by Gasteiger charge is 2.32. The van der Waals surface area contributed by atoms with Gasteiger partial charge in [-0.25, -0.2) is 13.7 Å². The molecule has 392 valence electrons. The van der Waals surface area contributed by atoms with Crippen molar-refractivity contribution in [1.29, 1.82) is 0 Å². The second-order valence-electron chi connectivity index (χ2n) is 18.6. The molecule has 21 heteroatoms. The van der Waals surface area contributed by atoms with Crippen molar-refractivity contribution in [2.24, 2.45) is 0 Å². The fraction of sp³-hybridized carbons (Fsp3) is 0.370. The number of nitrogens with one attached hydrogen (secondary N) is 4. The number of hydrogen-bond acceptors (Lipinski definition) is 16. The van der Waals surface area contributed by atoms with Crippen LogP contribution in [0.1, 0.15) is 45.1 Å². The first-order chi connectivity index (χ1) is 36.8. The Kier molecular flexibility index (Phi) is 16.7. The number of benzene rings is 2. The Morgan fingerprint density at radius 3 is 2.08 bits per heavy atom. The van der Waals surface area contributed by atoms with Gasteiger partial charge in [0.2, 0.25) is 18.2 Å². The van der Waals surface area contributed by atoms with Crippen LogP contribution in [0.2, 0.25) is 0 Å². The standard InChI is InChI=1S/C26H28N6O3S.C18H21N3O3.C10H14N4O/c33-25(29-21-16-28-8-7-22(21)30-13-9-27-10-14-30)23-5-6-24(35-23)32-17-18-3-4-19(15-20(18)26(32)34)36-31-11-1-2-12-31;1-14-6-7-17(24-14)21-16-5-3-2-4-15(16)20(18(21)22)9-8-19-10-12-23-13-11-19;15-8-13-9-7-12-2-1-10(9)14-5-3-11-4-6-14/h3-8,15-16,27H,1-2,9-14,17H2,(H,29,33);2-7H,8-13H2,1H3;1-2,7-8,11H,3-6H2,(H,13,15). The molecular formula is C54H63N13O7S. The van der Waals surface area contributed by atoms with Crippen LogP contribution in [-0.2, 0) is 22.6 Å². The minimum absolute atomic E-state index is 0.0567. The zero-order chi connectivity index (χ0) is 51.5. The van der Waals surface area contributed by atoms with Crippen LogP contribution >= 0.6 is 11.9 Å². The molecule has 7 aromatic rings. The Hall–Kier alpha value is -7.27. The molecule has 5 aromatic heterocycles. The van der Waals surface area contributed by atoms with Crippen LogP contribution in [-0.4, -0.2) is 145 Å². The maximum absolute atomic E-state index is 13.2. The molecule has 0 bridgehead atoms. The molecule has 12 rings (SSSR count). The monoisotopic (exact) mass is 1040 g/mol. The largest absolute Gasteiger partial charge is 0.445 e. The lowest BCUT2D eigenvalue weighted by Crippen LogP contribution is -2.43. The Morgan fingerprint density at radius 2 is 1.40 bits per heavy atom. The maximum Gasteiger partial charge on any atom is 0.336 e. The molecule has 75 heavy (non-hydrogen) atoms. The fourth-order valence-electron chi connectivity index (χ4n) is 9.88. The van der Waals surface area contributed by atoms with E-state index in [9.17, 15) is 19.2 Å². The summed E-state index contributed by atoms with van der Waals surface area (Å²) in [6.45, 7) is 16.7. The first-order valence-electron chi connectivity index (χ1n) is 25.7. The number of fused-ring (bicyclic) bond motifs is 2. The number of aryl methyl sites for hydroxylation is 1. The fourth-order valence-corrected chi connectivity index (χ4v) is 10.9. The van der Waals surface area contributed by atoms with Crippen molar-refractivity contribution in [2.45, 2.75) is 37.8 Å². The average molecular weight is 1040 g/mol. The molecule has 0 saturated carbocycles. The molecule has 10 heterocycles. The number of pyridine rings is 2. The third kappa shape index (κ3) is 12.1. The number of piperazine rings is 2. The van der Waals surface area contributed by atoms with Crippen molar-refractivity contribution < 1.29 is 28.0 Å². The first-order valence-corrected chi connectivity index (χ1v) is 26.4. The molecule has 0 unspecified atom stereocenters. The van der Waals surface area contributed by atoms with E-state index in [0.717, 1.165) is 143 Å². The highest BCUT2D eigenvalue weighted by molar-refractivity contribution is 7.97. The molecular weight excluding hydrogens is 975 g/mol. The van der Waals surface area contributed by atoms with Crippen LogP contribution in [0.3, 0.4) is 0 Å². The third-order valence-corrected chi connectivity index (χ3v) is 14.9. The van der Waals surface area contributed by atoms with E-state index in [1.807, 2.05) is 72.2 Å². The molecule has 4 fully saturated rings. The summed E-state index contributed by atoms with van der Waals surface area (Å²) in [5, 5.41) is 12.2. The van der Waals surface area contributed by atoms with Gasteiger partial charge < -0.3 is 44.6 Å². The summed E-state index contributed by atoms with van der Waals surface area (Å²) in [5.74, 6) is 1.39. The van der Waals surface area contributed by atoms with E-state index in [0.29, 0.717) is 42.5 Å². The molecule has 0 spiro atoms. The van der Waals surface area contributed by atoms with Crippen LogP contribution in [0.4, 0.5) is 28.6 Å². The highest BCUT2D eigenvalue weighted by atomic mass is 32.2. The van der Waals surface area contributed by atoms with Crippen molar-refractivity contribution in [2.75, 3.05) is 124 Å². The number of imidazole rings is 1. The number of furan rings is 2. The van der Waals surface area contributed by atoms with E-state index in [-0.39, 0.29) is 23.3 Å². The molecule has 5 aliphatic rings. The molecule has 3 amide bonds. The summed E-state index contributed by atoms with van der Waals surface area (Å²) in [6.07, 6.45) is 9.91. The van der Waals surface area contributed by atoms with Crippen LogP contribution in [0, 0.1) is 6.92 Å². The van der Waals surface area contributed by atoms with Crippen LogP contribution < -0.4 is 41.7 Å². The zero-order valence-electron chi connectivity index (χ0n) is 42.1. The number of nitrogens with zero attached hydrogens (tertiary/aromatic N) is 9. The van der Waals surface area contributed by atoms with Crippen LogP contribution in [0.15, 0.2) is 122 Å². The van der Waals surface area contributed by atoms with Gasteiger partial charge in [-0.1, -0.05) is 18.2 Å². The van der Waals surface area contributed by atoms with Gasteiger partial charge in [-0.15, -0.1) is 0 Å². The van der Waals surface area contributed by atoms with Crippen molar-refractivity contribution in [3.63, 3.8) is 0 Å². The minimum Gasteiger partial charge on any atom is -0.445 e. The van der Waals surface area contributed by atoms with Crippen molar-refractivity contribution in [3.05, 3.63) is 137 Å². The van der Waals surface area contributed by atoms with Crippen molar-refractivity contribution in [3.8, 4) is 5.88 Å². The molecule has 2 aromatic carbocycles. The van der Waals surface area contributed by atoms with E-state index in [4.69, 9.17) is 13.6 Å². The van der Waals surface area contributed by atoms with Crippen LogP contribution in [0.5, 0.6) is 0 Å². The summed E-state index contributed by atoms with van der Waals surface area (Å²) >= 11 is 1.71. The van der Waals surface area contributed by atoms with E-state index >= 15 is 0 Å². The van der Waals surface area contributed by atoms with Gasteiger partial charge in [0.15, 0.2) is 5.76 Å². The van der Waals surface area contributed by atoms with E-state index in [1.54, 1.807) is 58.3 Å². The molecule has 0 radical (unpaired) electrons. The second kappa shape index (κ2) is 24.4. The molecule has 4 N–H and O–H groups in total. The SMILES string of the molecule is Cc1ccc(-n2c(=O)n(CCN3CCOCC3)c3ccccc32)o1.O=C(Nc1cnccc1N1CCNCC1)c1ccc(N2Cc3ccc(SN4CCCC4)cc3C2=O)o1.O=CNc1cnccc1N1CCNCC1. The van der Waals surface area contributed by atoms with Crippen molar-refractivity contribution in [1.82, 2.24) is 38.9 Å². The topological polar surface area (TPSA) is 204 Å². The van der Waals surface area contributed by atoms with Gasteiger partial charge in [-0.2, -0.15) is 0 Å². The number of anilines is 5. The summed E-state index contributed by atoms with van der Waals surface area (Å²) in [7, 11) is 0. The number of morpholine rings is 1. The molecule has 20 nitrogen and oxygen atoms in total. The lowest BCUT2D eigenvalue weighted by Gasteiger charge is -2.30. The Labute approximate surface area is 439 Å². The average Bonchev–Trinajstić information content (AvgIpc) is 4.33. The van der Waals surface area contributed by atoms with Gasteiger partial charge in [0, 0.05) is 127 Å². The normalized spacial score (nSPS) is 17.0. The smallest absolute Gasteiger partial charge is 0.336 e. The number of para-hydroxylation sites is 2. The van der Waals surface area contributed by atoms with Gasteiger partial charge in [0.05, 0.1) is 65.9 Å². The zero-order valence-corrected chi connectivity index (χ0v) is 42.9. The Morgan fingerprint density at radius 1 is 0.733 bits per heavy atom. The summed E-state index contributed by atoms with van der Waals surface area (Å²) in [6, 6.07) is 24.8. The quantitative estimate of drug-likeness (QED) is 0.0810. The Bertz CT molecular complexity index is 3130. The van der Waals surface area contributed by atoms with E-state index < -0.39 is 0 Å². The molecule has 0 aliphatic carbocycles. The number of ether oxygens (including phenoxy) is 1. The number of aromatic nitrogens is 4. The summed E-state index contributed by atoms with van der Waals surface area (Å²) in [4.78, 5) is 67.3. The van der Waals surface area contributed by atoms with Gasteiger partial charge in [0.25, 0.3) is 11.8 Å². The number of carbonyl (C=O) groups is 3. The van der Waals surface area contributed by atoms with Gasteiger partial charge in [-0.3, -0.25) is 38.7 Å².